The number of carbonyl (C=O) groups excluding carboxylic acids is 1. The van der Waals surface area contributed by atoms with Crippen LogP contribution < -0.4 is 4.74 Å². The Morgan fingerprint density at radius 3 is 2.50 bits per heavy atom. The Hall–Kier alpha value is -2.37. The summed E-state index contributed by atoms with van der Waals surface area (Å²) in [4.78, 5) is 11.2. The molecule has 2 aromatic carbocycles. The summed E-state index contributed by atoms with van der Waals surface area (Å²) in [6.07, 6.45) is -0.685. The van der Waals surface area contributed by atoms with Crippen LogP contribution in [0.25, 0.3) is 11.1 Å². The lowest BCUT2D eigenvalue weighted by Gasteiger charge is -2.21. The van der Waals surface area contributed by atoms with E-state index in [1.54, 1.807) is 0 Å². The highest BCUT2D eigenvalue weighted by Gasteiger charge is 2.33. The maximum Gasteiger partial charge on any atom is 0.303 e. The molecule has 0 radical (unpaired) electrons. The molecule has 2 aromatic rings. The van der Waals surface area contributed by atoms with Crippen LogP contribution in [0.2, 0.25) is 0 Å². The van der Waals surface area contributed by atoms with Crippen molar-refractivity contribution in [3.63, 3.8) is 0 Å². The van der Waals surface area contributed by atoms with Gasteiger partial charge in [0.05, 0.1) is 19.8 Å². The highest BCUT2D eigenvalue weighted by molar-refractivity contribution is 5.72. The Morgan fingerprint density at radius 2 is 1.85 bits per heavy atom. The third kappa shape index (κ3) is 4.06. The Kier molecular flexibility index (Phi) is 5.59. The first kappa shape index (κ1) is 18.4. The molecule has 0 spiro atoms. The number of aliphatic hydroxyl groups is 1. The van der Waals surface area contributed by atoms with Crippen molar-refractivity contribution in [2.24, 2.45) is 0 Å². The minimum Gasteiger partial charge on any atom is -0.484 e. The smallest absolute Gasteiger partial charge is 0.303 e. The molecular formula is C21H24O5. The lowest BCUT2D eigenvalue weighted by Crippen LogP contribution is -2.33. The van der Waals surface area contributed by atoms with Crippen LogP contribution in [0.15, 0.2) is 36.4 Å². The number of rotatable bonds is 5. The highest BCUT2D eigenvalue weighted by atomic mass is 16.6. The Labute approximate surface area is 153 Å². The van der Waals surface area contributed by atoms with E-state index in [9.17, 15) is 9.90 Å². The van der Waals surface area contributed by atoms with Crippen molar-refractivity contribution in [1.82, 2.24) is 0 Å². The van der Waals surface area contributed by atoms with E-state index < -0.39 is 0 Å². The fraction of sp³-hybridized carbons (Fsp3) is 0.381. The van der Waals surface area contributed by atoms with Gasteiger partial charge in [-0.3, -0.25) is 4.79 Å². The lowest BCUT2D eigenvalue weighted by molar-refractivity contribution is -0.149. The van der Waals surface area contributed by atoms with Crippen molar-refractivity contribution in [2.45, 2.75) is 39.6 Å². The van der Waals surface area contributed by atoms with E-state index in [0.717, 1.165) is 33.6 Å². The van der Waals surface area contributed by atoms with Gasteiger partial charge in [0.25, 0.3) is 0 Å². The van der Waals surface area contributed by atoms with Crippen LogP contribution in [0.1, 0.15) is 23.6 Å². The van der Waals surface area contributed by atoms with E-state index in [2.05, 4.69) is 0 Å². The SMILES string of the molecule is CC(=O)OC1COCC1Oc1cc(C)c(-c2cccc(CO)c2)c(C)c1. The van der Waals surface area contributed by atoms with E-state index in [1.807, 2.05) is 50.2 Å². The van der Waals surface area contributed by atoms with Crippen LogP contribution in [-0.4, -0.2) is 36.5 Å². The predicted molar refractivity (Wildman–Crippen MR) is 98.1 cm³/mol. The summed E-state index contributed by atoms with van der Waals surface area (Å²) in [5.41, 5.74) is 5.25. The molecule has 0 amide bonds. The second kappa shape index (κ2) is 7.89. The van der Waals surface area contributed by atoms with Gasteiger partial charge in [-0.15, -0.1) is 0 Å². The van der Waals surface area contributed by atoms with Crippen LogP contribution in [0.3, 0.4) is 0 Å². The summed E-state index contributed by atoms with van der Waals surface area (Å²) < 4.78 is 16.7. The Bertz CT molecular complexity index is 776. The minimum atomic E-state index is -0.381. The normalized spacial score (nSPS) is 19.4. The monoisotopic (exact) mass is 356 g/mol. The summed E-state index contributed by atoms with van der Waals surface area (Å²) in [5.74, 6) is 0.398. The van der Waals surface area contributed by atoms with Crippen molar-refractivity contribution in [3.05, 3.63) is 53.1 Å². The third-order valence-corrected chi connectivity index (χ3v) is 4.49. The molecule has 5 nitrogen and oxygen atoms in total. The van der Waals surface area contributed by atoms with Crippen molar-refractivity contribution < 1.29 is 24.1 Å². The summed E-state index contributed by atoms with van der Waals surface area (Å²) in [7, 11) is 0. The average molecular weight is 356 g/mol. The number of esters is 1. The predicted octanol–water partition coefficient (Wildman–Crippen LogP) is 3.17. The molecule has 26 heavy (non-hydrogen) atoms. The number of aryl methyl sites for hydroxylation is 2. The fourth-order valence-electron chi connectivity index (χ4n) is 3.40. The van der Waals surface area contributed by atoms with Gasteiger partial charge in [-0.2, -0.15) is 0 Å². The number of hydrogen-bond acceptors (Lipinski definition) is 5. The first-order valence-corrected chi connectivity index (χ1v) is 8.71. The van der Waals surface area contributed by atoms with Crippen LogP contribution in [0.4, 0.5) is 0 Å². The molecule has 1 heterocycles. The summed E-state index contributed by atoms with van der Waals surface area (Å²) in [5, 5.41) is 9.37. The van der Waals surface area contributed by atoms with Gasteiger partial charge in [-0.05, 0) is 59.9 Å². The van der Waals surface area contributed by atoms with Crippen LogP contribution >= 0.6 is 0 Å². The van der Waals surface area contributed by atoms with Crippen LogP contribution in [0.5, 0.6) is 5.75 Å². The molecule has 1 aliphatic rings. The number of aliphatic hydroxyl groups excluding tert-OH is 1. The molecule has 2 atom stereocenters. The molecule has 0 bridgehead atoms. The average Bonchev–Trinajstić information content (AvgIpc) is 3.00. The molecule has 1 saturated heterocycles. The standard InChI is InChI=1S/C21H24O5/c1-13-7-18(26-20-12-24-11-19(20)25-15(3)23)8-14(2)21(13)17-6-4-5-16(9-17)10-22/h4-9,19-20,22H,10-12H2,1-3H3. The maximum absolute atomic E-state index is 11.2. The molecule has 0 saturated carbocycles. The van der Waals surface area contributed by atoms with Gasteiger partial charge in [-0.1, -0.05) is 18.2 Å². The molecule has 1 N–H and O–H groups in total. The number of hydrogen-bond donors (Lipinski definition) is 1. The Balaban J connectivity index is 1.84. The molecule has 5 heteroatoms. The van der Waals surface area contributed by atoms with Crippen molar-refractivity contribution >= 4 is 5.97 Å². The maximum atomic E-state index is 11.2. The first-order chi connectivity index (χ1) is 12.5. The minimum absolute atomic E-state index is 0.0202. The molecule has 1 aliphatic heterocycles. The third-order valence-electron chi connectivity index (χ3n) is 4.49. The molecule has 1 fully saturated rings. The van der Waals surface area contributed by atoms with Crippen molar-refractivity contribution in [2.75, 3.05) is 13.2 Å². The number of carbonyl (C=O) groups is 1. The first-order valence-electron chi connectivity index (χ1n) is 8.71. The van der Waals surface area contributed by atoms with Gasteiger partial charge in [0.1, 0.15) is 5.75 Å². The number of ether oxygens (including phenoxy) is 3. The van der Waals surface area contributed by atoms with E-state index in [1.165, 1.54) is 6.92 Å². The van der Waals surface area contributed by atoms with Crippen LogP contribution in [0, 0.1) is 13.8 Å². The lowest BCUT2D eigenvalue weighted by atomic mass is 9.94. The summed E-state index contributed by atoms with van der Waals surface area (Å²) in [6.45, 7) is 6.24. The molecule has 0 aromatic heterocycles. The van der Waals surface area contributed by atoms with Gasteiger partial charge in [-0.25, -0.2) is 0 Å². The zero-order chi connectivity index (χ0) is 18.7. The molecule has 138 valence electrons. The zero-order valence-electron chi connectivity index (χ0n) is 15.3. The van der Waals surface area contributed by atoms with Gasteiger partial charge < -0.3 is 19.3 Å². The quantitative estimate of drug-likeness (QED) is 0.834. The van der Waals surface area contributed by atoms with E-state index in [4.69, 9.17) is 14.2 Å². The van der Waals surface area contributed by atoms with Gasteiger partial charge in [0.2, 0.25) is 0 Å². The van der Waals surface area contributed by atoms with E-state index in [-0.39, 0.29) is 24.8 Å². The molecule has 0 aliphatic carbocycles. The molecule has 3 rings (SSSR count). The van der Waals surface area contributed by atoms with Gasteiger partial charge in [0, 0.05) is 6.92 Å². The fourth-order valence-corrected chi connectivity index (χ4v) is 3.40. The molecule has 2 unspecified atom stereocenters. The van der Waals surface area contributed by atoms with Gasteiger partial charge in [0.15, 0.2) is 12.2 Å². The van der Waals surface area contributed by atoms with Crippen LogP contribution in [-0.2, 0) is 20.9 Å². The molecular weight excluding hydrogens is 332 g/mol. The van der Waals surface area contributed by atoms with E-state index >= 15 is 0 Å². The van der Waals surface area contributed by atoms with Gasteiger partial charge >= 0.3 is 5.97 Å². The highest BCUT2D eigenvalue weighted by Crippen LogP contribution is 2.32. The Morgan fingerprint density at radius 1 is 1.15 bits per heavy atom. The second-order valence-corrected chi connectivity index (χ2v) is 6.63. The summed E-state index contributed by atoms with van der Waals surface area (Å²) >= 11 is 0. The number of benzene rings is 2. The van der Waals surface area contributed by atoms with E-state index in [0.29, 0.717) is 13.2 Å². The largest absolute Gasteiger partial charge is 0.484 e. The zero-order valence-corrected chi connectivity index (χ0v) is 15.3. The second-order valence-electron chi connectivity index (χ2n) is 6.63. The van der Waals surface area contributed by atoms with Crippen molar-refractivity contribution in [1.29, 1.82) is 0 Å². The summed E-state index contributed by atoms with van der Waals surface area (Å²) in [6, 6.07) is 11.9. The topological polar surface area (TPSA) is 65.0 Å². The van der Waals surface area contributed by atoms with Crippen molar-refractivity contribution in [3.8, 4) is 16.9 Å².